The molecule has 0 unspecified atom stereocenters. The number of aryl methyl sites for hydroxylation is 1. The second-order valence-electron chi connectivity index (χ2n) is 4.38. The van der Waals surface area contributed by atoms with Gasteiger partial charge in [-0.25, -0.2) is 4.79 Å². The Labute approximate surface area is 154 Å². The number of aliphatic carboxylic acids is 2. The summed E-state index contributed by atoms with van der Waals surface area (Å²) in [5.74, 6) is -2.26. The molecule has 0 aromatic carbocycles. The standard InChI is InChI=1S/C11H16N2O4S2.C2HF3O2/c1-2-8-7-13-17-10(8)11(16)12-4-6-19-18-5-3-9(14)15;3-2(4,5)1(6)7/h7H,2-6H2,1H3,(H,12,16)(H,14,15);(H,6,7). The van der Waals surface area contributed by atoms with Gasteiger partial charge in [-0.05, 0) is 6.42 Å². The predicted molar refractivity (Wildman–Crippen MR) is 89.1 cm³/mol. The number of halogens is 3. The third kappa shape index (κ3) is 10.9. The van der Waals surface area contributed by atoms with Crippen LogP contribution in [0.2, 0.25) is 0 Å². The highest BCUT2D eigenvalue weighted by Gasteiger charge is 2.38. The number of nitrogens with one attached hydrogen (secondary N) is 1. The molecule has 148 valence electrons. The molecule has 1 amide bonds. The van der Waals surface area contributed by atoms with Gasteiger partial charge in [0.25, 0.3) is 5.91 Å². The van der Waals surface area contributed by atoms with Crippen LogP contribution in [0.4, 0.5) is 13.2 Å². The summed E-state index contributed by atoms with van der Waals surface area (Å²) in [5, 5.41) is 21.9. The van der Waals surface area contributed by atoms with Crippen LogP contribution in [0.3, 0.4) is 0 Å². The molecule has 0 saturated carbocycles. The van der Waals surface area contributed by atoms with E-state index in [0.717, 1.165) is 5.56 Å². The SMILES string of the molecule is CCc1cnoc1C(=O)NCCSSCCC(=O)O.O=C(O)C(F)(F)F. The van der Waals surface area contributed by atoms with E-state index in [1.165, 1.54) is 21.6 Å². The monoisotopic (exact) mass is 418 g/mol. The van der Waals surface area contributed by atoms with Crippen molar-refractivity contribution in [1.29, 1.82) is 0 Å². The average molecular weight is 418 g/mol. The van der Waals surface area contributed by atoms with Crippen molar-refractivity contribution in [3.63, 3.8) is 0 Å². The van der Waals surface area contributed by atoms with Crippen LogP contribution < -0.4 is 5.32 Å². The molecule has 0 radical (unpaired) electrons. The van der Waals surface area contributed by atoms with Crippen LogP contribution in [0.5, 0.6) is 0 Å². The minimum Gasteiger partial charge on any atom is -0.481 e. The van der Waals surface area contributed by atoms with E-state index in [2.05, 4.69) is 10.5 Å². The van der Waals surface area contributed by atoms with Crippen LogP contribution in [0.1, 0.15) is 29.5 Å². The van der Waals surface area contributed by atoms with Crippen molar-refractivity contribution in [2.75, 3.05) is 18.1 Å². The minimum atomic E-state index is -5.08. The number of carboxylic acids is 2. The summed E-state index contributed by atoms with van der Waals surface area (Å²) in [6.45, 7) is 2.44. The number of carbonyl (C=O) groups excluding carboxylic acids is 1. The lowest BCUT2D eigenvalue weighted by Gasteiger charge is -2.03. The first-order valence-electron chi connectivity index (χ1n) is 7.07. The maximum absolute atomic E-state index is 11.7. The summed E-state index contributed by atoms with van der Waals surface area (Å²) < 4.78 is 36.6. The van der Waals surface area contributed by atoms with E-state index in [4.69, 9.17) is 19.5 Å². The number of aromatic nitrogens is 1. The van der Waals surface area contributed by atoms with Gasteiger partial charge in [0, 0.05) is 23.6 Å². The average Bonchev–Trinajstić information content (AvgIpc) is 3.01. The predicted octanol–water partition coefficient (Wildman–Crippen LogP) is 2.46. The Morgan fingerprint density at radius 1 is 1.23 bits per heavy atom. The summed E-state index contributed by atoms with van der Waals surface area (Å²) in [7, 11) is 3.02. The highest BCUT2D eigenvalue weighted by molar-refractivity contribution is 8.76. The number of hydrogen-bond acceptors (Lipinski definition) is 7. The van der Waals surface area contributed by atoms with Crippen LogP contribution in [-0.2, 0) is 16.0 Å². The largest absolute Gasteiger partial charge is 0.490 e. The molecule has 0 aliphatic rings. The van der Waals surface area contributed by atoms with E-state index >= 15 is 0 Å². The minimum absolute atomic E-state index is 0.155. The molecule has 0 aliphatic carbocycles. The van der Waals surface area contributed by atoms with E-state index < -0.39 is 18.1 Å². The molecule has 3 N–H and O–H groups in total. The lowest BCUT2D eigenvalue weighted by atomic mass is 10.2. The molecule has 0 saturated heterocycles. The number of nitrogens with zero attached hydrogens (tertiary/aromatic N) is 1. The molecule has 1 aromatic heterocycles. The number of carboxylic acid groups (broad SMARTS) is 2. The third-order valence-electron chi connectivity index (χ3n) is 2.43. The van der Waals surface area contributed by atoms with Gasteiger partial charge in [0.1, 0.15) is 0 Å². The second-order valence-corrected chi connectivity index (χ2v) is 7.08. The fourth-order valence-corrected chi connectivity index (χ4v) is 3.12. The maximum Gasteiger partial charge on any atom is 0.490 e. The van der Waals surface area contributed by atoms with Crippen molar-refractivity contribution < 1.29 is 42.3 Å². The Morgan fingerprint density at radius 2 is 1.81 bits per heavy atom. The van der Waals surface area contributed by atoms with Crippen LogP contribution in [-0.4, -0.2) is 57.4 Å². The smallest absolute Gasteiger partial charge is 0.481 e. The lowest BCUT2D eigenvalue weighted by Crippen LogP contribution is -2.26. The first kappa shape index (κ1) is 24.1. The summed E-state index contributed by atoms with van der Waals surface area (Å²) in [6.07, 6.45) is -2.68. The Hall–Kier alpha value is -1.89. The molecule has 1 aromatic rings. The zero-order valence-electron chi connectivity index (χ0n) is 13.5. The van der Waals surface area contributed by atoms with Crippen LogP contribution in [0.15, 0.2) is 10.7 Å². The lowest BCUT2D eigenvalue weighted by molar-refractivity contribution is -0.192. The summed E-state index contributed by atoms with van der Waals surface area (Å²) >= 11 is 0. The van der Waals surface area contributed by atoms with Crippen molar-refractivity contribution in [2.24, 2.45) is 0 Å². The van der Waals surface area contributed by atoms with Gasteiger partial charge in [0.2, 0.25) is 5.76 Å². The third-order valence-corrected chi connectivity index (χ3v) is 4.84. The van der Waals surface area contributed by atoms with Gasteiger partial charge in [-0.15, -0.1) is 0 Å². The van der Waals surface area contributed by atoms with Gasteiger partial charge >= 0.3 is 18.1 Å². The first-order chi connectivity index (χ1) is 12.1. The first-order valence-corrected chi connectivity index (χ1v) is 9.56. The number of amides is 1. The van der Waals surface area contributed by atoms with Crippen molar-refractivity contribution in [2.45, 2.75) is 25.9 Å². The zero-order chi connectivity index (χ0) is 20.2. The summed E-state index contributed by atoms with van der Waals surface area (Å²) in [6, 6.07) is 0. The molecule has 8 nitrogen and oxygen atoms in total. The van der Waals surface area contributed by atoms with Crippen molar-refractivity contribution in [3.8, 4) is 0 Å². The van der Waals surface area contributed by atoms with E-state index in [-0.39, 0.29) is 18.1 Å². The van der Waals surface area contributed by atoms with Crippen LogP contribution in [0, 0.1) is 0 Å². The Balaban J connectivity index is 0.000000758. The van der Waals surface area contributed by atoms with Crippen molar-refractivity contribution in [3.05, 3.63) is 17.5 Å². The number of carbonyl (C=O) groups is 3. The van der Waals surface area contributed by atoms with Gasteiger partial charge in [-0.2, -0.15) is 13.2 Å². The zero-order valence-corrected chi connectivity index (χ0v) is 15.2. The summed E-state index contributed by atoms with van der Waals surface area (Å²) in [5.41, 5.74) is 0.793. The molecule has 1 rings (SSSR count). The number of alkyl halides is 3. The molecule has 13 heteroatoms. The van der Waals surface area contributed by atoms with Gasteiger partial charge in [-0.1, -0.05) is 33.7 Å². The van der Waals surface area contributed by atoms with E-state index in [1.807, 2.05) is 6.92 Å². The Morgan fingerprint density at radius 3 is 2.31 bits per heavy atom. The molecule has 0 fully saturated rings. The molecule has 0 aliphatic heterocycles. The topological polar surface area (TPSA) is 130 Å². The van der Waals surface area contributed by atoms with Crippen LogP contribution in [0.25, 0.3) is 0 Å². The van der Waals surface area contributed by atoms with E-state index in [9.17, 15) is 22.8 Å². The van der Waals surface area contributed by atoms with Gasteiger partial charge in [0.15, 0.2) is 0 Å². The maximum atomic E-state index is 11.7. The van der Waals surface area contributed by atoms with Gasteiger partial charge in [0.05, 0.1) is 12.6 Å². The normalized spacial score (nSPS) is 10.6. The van der Waals surface area contributed by atoms with E-state index in [0.29, 0.717) is 24.5 Å². The van der Waals surface area contributed by atoms with E-state index in [1.54, 1.807) is 6.20 Å². The molecular weight excluding hydrogens is 401 g/mol. The quantitative estimate of drug-likeness (QED) is 0.409. The highest BCUT2D eigenvalue weighted by atomic mass is 33.1. The second kappa shape index (κ2) is 12.5. The molecule has 0 spiro atoms. The van der Waals surface area contributed by atoms with Gasteiger partial charge < -0.3 is 20.1 Å². The number of hydrogen-bond donors (Lipinski definition) is 3. The van der Waals surface area contributed by atoms with Crippen molar-refractivity contribution in [1.82, 2.24) is 10.5 Å². The molecule has 26 heavy (non-hydrogen) atoms. The Bertz CT molecular complexity index is 595. The highest BCUT2D eigenvalue weighted by Crippen LogP contribution is 2.21. The van der Waals surface area contributed by atoms with Crippen LogP contribution >= 0.6 is 21.6 Å². The number of rotatable bonds is 9. The molecule has 0 atom stereocenters. The fraction of sp³-hybridized carbons (Fsp3) is 0.538. The van der Waals surface area contributed by atoms with Crippen molar-refractivity contribution >= 4 is 39.4 Å². The molecule has 0 bridgehead atoms. The van der Waals surface area contributed by atoms with Gasteiger partial charge in [-0.3, -0.25) is 9.59 Å². The summed E-state index contributed by atoms with van der Waals surface area (Å²) in [4.78, 5) is 30.9. The molecular formula is C13H17F3N2O6S2. The fourth-order valence-electron chi connectivity index (χ4n) is 1.23. The Kier molecular flexibility index (Phi) is 11.6. The molecule has 1 heterocycles.